The van der Waals surface area contributed by atoms with Crippen molar-refractivity contribution in [2.24, 2.45) is 0 Å². The lowest BCUT2D eigenvalue weighted by molar-refractivity contribution is -0.119. The Labute approximate surface area is 163 Å². The van der Waals surface area contributed by atoms with Crippen LogP contribution in [0.25, 0.3) is 0 Å². The molecule has 142 valence electrons. The van der Waals surface area contributed by atoms with Crippen LogP contribution in [-0.4, -0.2) is 34.7 Å². The van der Waals surface area contributed by atoms with Gasteiger partial charge in [-0.15, -0.1) is 0 Å². The molecule has 1 unspecified atom stereocenters. The van der Waals surface area contributed by atoms with Crippen LogP contribution in [0.5, 0.6) is 0 Å². The molecule has 1 aliphatic carbocycles. The fourth-order valence-corrected chi connectivity index (χ4v) is 3.66. The zero-order valence-corrected chi connectivity index (χ0v) is 16.5. The van der Waals surface area contributed by atoms with E-state index in [1.54, 1.807) is 6.92 Å². The standard InChI is InChI=1S/C20H23N3O3S/c1-12(14-7-5-4-6-8-14)21-16(24)11-27-19-17(20(25)26-3)13(2)22-18(23-19)15-9-10-15/h4-8,12,15H,9-11H2,1-3H3,(H,21,24). The van der Waals surface area contributed by atoms with Crippen molar-refractivity contribution in [2.45, 2.75) is 43.7 Å². The molecule has 0 saturated heterocycles. The third-order valence-electron chi connectivity index (χ3n) is 4.42. The van der Waals surface area contributed by atoms with Crippen molar-refractivity contribution in [1.82, 2.24) is 15.3 Å². The second-order valence-corrected chi connectivity index (χ2v) is 7.57. The summed E-state index contributed by atoms with van der Waals surface area (Å²) >= 11 is 1.25. The summed E-state index contributed by atoms with van der Waals surface area (Å²) in [5.74, 6) is 0.691. The predicted octanol–water partition coefficient (Wildman–Crippen LogP) is 3.42. The van der Waals surface area contributed by atoms with Gasteiger partial charge in [0.05, 0.1) is 24.6 Å². The Morgan fingerprint density at radius 3 is 2.59 bits per heavy atom. The van der Waals surface area contributed by atoms with Gasteiger partial charge in [-0.2, -0.15) is 0 Å². The number of thioether (sulfide) groups is 1. The number of nitrogens with one attached hydrogen (secondary N) is 1. The minimum atomic E-state index is -0.476. The van der Waals surface area contributed by atoms with Gasteiger partial charge in [0.1, 0.15) is 16.4 Å². The molecule has 1 saturated carbocycles. The summed E-state index contributed by atoms with van der Waals surface area (Å²) in [6, 6.07) is 9.69. The molecule has 1 heterocycles. The predicted molar refractivity (Wildman–Crippen MR) is 104 cm³/mol. The zero-order valence-electron chi connectivity index (χ0n) is 15.7. The zero-order chi connectivity index (χ0) is 19.4. The molecule has 1 aromatic carbocycles. The summed E-state index contributed by atoms with van der Waals surface area (Å²) in [5, 5.41) is 3.49. The Hall–Kier alpha value is -2.41. The van der Waals surface area contributed by atoms with Crippen LogP contribution in [0.4, 0.5) is 0 Å². The summed E-state index contributed by atoms with van der Waals surface area (Å²) in [6.07, 6.45) is 2.13. The van der Waals surface area contributed by atoms with Gasteiger partial charge in [0.2, 0.25) is 5.91 Å². The van der Waals surface area contributed by atoms with Crippen molar-refractivity contribution < 1.29 is 14.3 Å². The maximum atomic E-state index is 12.4. The molecule has 27 heavy (non-hydrogen) atoms. The molecule has 0 bridgehead atoms. The number of rotatable bonds is 7. The molecule has 0 aliphatic heterocycles. The molecule has 0 spiro atoms. The number of esters is 1. The van der Waals surface area contributed by atoms with E-state index in [4.69, 9.17) is 4.74 Å². The molecule has 6 nitrogen and oxygen atoms in total. The monoisotopic (exact) mass is 385 g/mol. The Bertz CT molecular complexity index is 838. The van der Waals surface area contributed by atoms with Crippen molar-refractivity contribution in [2.75, 3.05) is 12.9 Å². The number of hydrogen-bond acceptors (Lipinski definition) is 6. The number of aryl methyl sites for hydroxylation is 1. The lowest BCUT2D eigenvalue weighted by atomic mass is 10.1. The average molecular weight is 385 g/mol. The van der Waals surface area contributed by atoms with Gasteiger partial charge < -0.3 is 10.1 Å². The number of ether oxygens (including phenoxy) is 1. The maximum Gasteiger partial charge on any atom is 0.342 e. The second kappa shape index (κ2) is 8.52. The van der Waals surface area contributed by atoms with Gasteiger partial charge in [0.25, 0.3) is 0 Å². The van der Waals surface area contributed by atoms with E-state index >= 15 is 0 Å². The third-order valence-corrected chi connectivity index (χ3v) is 5.40. The number of carbonyl (C=O) groups is 2. The first-order valence-electron chi connectivity index (χ1n) is 8.93. The molecule has 1 amide bonds. The summed E-state index contributed by atoms with van der Waals surface area (Å²) in [4.78, 5) is 33.5. The van der Waals surface area contributed by atoms with E-state index < -0.39 is 5.97 Å². The highest BCUT2D eigenvalue weighted by atomic mass is 32.2. The summed E-state index contributed by atoms with van der Waals surface area (Å²) in [6.45, 7) is 3.72. The molecule has 7 heteroatoms. The van der Waals surface area contributed by atoms with Gasteiger partial charge in [-0.1, -0.05) is 42.1 Å². The van der Waals surface area contributed by atoms with Gasteiger partial charge in [0, 0.05) is 5.92 Å². The lowest BCUT2D eigenvalue weighted by Crippen LogP contribution is -2.28. The van der Waals surface area contributed by atoms with Crippen LogP contribution in [0, 0.1) is 6.92 Å². The quantitative estimate of drug-likeness (QED) is 0.447. The molecule has 2 aromatic rings. The number of aromatic nitrogens is 2. The maximum absolute atomic E-state index is 12.4. The van der Waals surface area contributed by atoms with Crippen molar-refractivity contribution in [1.29, 1.82) is 0 Å². The number of amides is 1. The summed E-state index contributed by atoms with van der Waals surface area (Å²) in [7, 11) is 1.33. The van der Waals surface area contributed by atoms with E-state index in [1.807, 2.05) is 37.3 Å². The molecule has 1 fully saturated rings. The highest BCUT2D eigenvalue weighted by Crippen LogP contribution is 2.39. The first kappa shape index (κ1) is 19.4. The van der Waals surface area contributed by atoms with Crippen molar-refractivity contribution in [3.63, 3.8) is 0 Å². The highest BCUT2D eigenvalue weighted by molar-refractivity contribution is 8.00. The number of carbonyl (C=O) groups excluding carboxylic acids is 2. The molecular formula is C20H23N3O3S. The first-order chi connectivity index (χ1) is 13.0. The minimum absolute atomic E-state index is 0.0893. The van der Waals surface area contributed by atoms with Crippen LogP contribution in [0.2, 0.25) is 0 Å². The van der Waals surface area contributed by atoms with Gasteiger partial charge in [-0.3, -0.25) is 4.79 Å². The highest BCUT2D eigenvalue weighted by Gasteiger charge is 2.29. The fourth-order valence-electron chi connectivity index (χ4n) is 2.78. The SMILES string of the molecule is COC(=O)c1c(C)nc(C2CC2)nc1SCC(=O)NC(C)c1ccccc1. The third kappa shape index (κ3) is 4.86. The summed E-state index contributed by atoms with van der Waals surface area (Å²) in [5.41, 5.74) is 1.98. The first-order valence-corrected chi connectivity index (χ1v) is 9.92. The molecule has 0 radical (unpaired) electrons. The van der Waals surface area contributed by atoms with Crippen LogP contribution in [0.3, 0.4) is 0 Å². The van der Waals surface area contributed by atoms with E-state index in [2.05, 4.69) is 15.3 Å². The Morgan fingerprint density at radius 1 is 1.26 bits per heavy atom. The smallest absolute Gasteiger partial charge is 0.342 e. The van der Waals surface area contributed by atoms with Gasteiger partial charge in [0.15, 0.2) is 0 Å². The minimum Gasteiger partial charge on any atom is -0.465 e. The Kier molecular flexibility index (Phi) is 6.11. The fraction of sp³-hybridized carbons (Fsp3) is 0.400. The molecular weight excluding hydrogens is 362 g/mol. The molecule has 1 aliphatic rings. The number of methoxy groups -OCH3 is 1. The van der Waals surface area contributed by atoms with E-state index in [0.717, 1.165) is 24.2 Å². The van der Waals surface area contributed by atoms with Gasteiger partial charge in [-0.25, -0.2) is 14.8 Å². The van der Waals surface area contributed by atoms with E-state index in [1.165, 1.54) is 18.9 Å². The van der Waals surface area contributed by atoms with Crippen molar-refractivity contribution in [3.8, 4) is 0 Å². The van der Waals surface area contributed by atoms with Gasteiger partial charge >= 0.3 is 5.97 Å². The molecule has 1 N–H and O–H groups in total. The molecule has 3 rings (SSSR count). The lowest BCUT2D eigenvalue weighted by Gasteiger charge is -2.15. The topological polar surface area (TPSA) is 81.2 Å². The number of benzene rings is 1. The second-order valence-electron chi connectivity index (χ2n) is 6.60. The molecule has 1 atom stereocenters. The summed E-state index contributed by atoms with van der Waals surface area (Å²) < 4.78 is 4.87. The largest absolute Gasteiger partial charge is 0.465 e. The average Bonchev–Trinajstić information content (AvgIpc) is 3.51. The van der Waals surface area contributed by atoms with Crippen LogP contribution in [0.1, 0.15) is 59.2 Å². The van der Waals surface area contributed by atoms with Crippen LogP contribution in [-0.2, 0) is 9.53 Å². The normalized spacial score (nSPS) is 14.5. The van der Waals surface area contributed by atoms with E-state index in [-0.39, 0.29) is 17.7 Å². The van der Waals surface area contributed by atoms with E-state index in [0.29, 0.717) is 22.2 Å². The molecule has 1 aromatic heterocycles. The number of nitrogens with zero attached hydrogens (tertiary/aromatic N) is 2. The van der Waals surface area contributed by atoms with Crippen molar-refractivity contribution >= 4 is 23.6 Å². The van der Waals surface area contributed by atoms with E-state index in [9.17, 15) is 9.59 Å². The number of hydrogen-bond donors (Lipinski definition) is 1. The van der Waals surface area contributed by atoms with Crippen LogP contribution >= 0.6 is 11.8 Å². The Morgan fingerprint density at radius 2 is 1.96 bits per heavy atom. The van der Waals surface area contributed by atoms with Gasteiger partial charge in [-0.05, 0) is 32.3 Å². The van der Waals surface area contributed by atoms with Crippen LogP contribution < -0.4 is 5.32 Å². The van der Waals surface area contributed by atoms with Crippen molar-refractivity contribution in [3.05, 3.63) is 53.0 Å². The Balaban J connectivity index is 1.70. The van der Waals surface area contributed by atoms with Crippen LogP contribution in [0.15, 0.2) is 35.4 Å².